The monoisotopic (exact) mass is 630 g/mol. The standard InChI is InChI=1S/C24H42N2O17/c1-5-6-7-10-38-23(32)39-13-8-9-14(21(30)25-11-13)26-22(31)19(43-37-4)18(42-35)17(41-34)16(40-33)15(28)20(29)24(2,12-27)36-3/h13-14,16-19,27-29,33-35H,5-12H2,1-4H3,(H,25,30)(H,26,31)/b20-15+. The molecule has 2 amide bonds. The van der Waals surface area contributed by atoms with Gasteiger partial charge in [-0.2, -0.15) is 0 Å². The SMILES string of the molecule is CCCCCOC(=O)OC1CCC(NC(=O)C(OOC)C(OO)C(OO)C(OO)/C(O)=C(\O)C(C)(CO)OC)C(=O)NC1. The lowest BCUT2D eigenvalue weighted by Crippen LogP contribution is -2.57. The molecule has 1 heterocycles. The number of aliphatic hydroxyl groups is 3. The van der Waals surface area contributed by atoms with Crippen LogP contribution in [-0.2, 0) is 48.2 Å². The van der Waals surface area contributed by atoms with Crippen molar-refractivity contribution in [2.45, 2.75) is 88.1 Å². The van der Waals surface area contributed by atoms with Gasteiger partial charge in [0.1, 0.15) is 17.7 Å². The minimum Gasteiger partial charge on any atom is -0.506 e. The van der Waals surface area contributed by atoms with Gasteiger partial charge in [0.05, 0.1) is 26.9 Å². The summed E-state index contributed by atoms with van der Waals surface area (Å²) in [5.41, 5.74) is -1.93. The maximum Gasteiger partial charge on any atom is 0.508 e. The van der Waals surface area contributed by atoms with Gasteiger partial charge in [-0.3, -0.25) is 25.4 Å². The molecule has 8 N–H and O–H groups in total. The highest BCUT2D eigenvalue weighted by atomic mass is 17.2. The van der Waals surface area contributed by atoms with Crippen molar-refractivity contribution in [3.05, 3.63) is 11.5 Å². The van der Waals surface area contributed by atoms with Crippen LogP contribution >= 0.6 is 0 Å². The molecule has 1 fully saturated rings. The van der Waals surface area contributed by atoms with Gasteiger partial charge in [0, 0.05) is 7.11 Å². The second-order valence-electron chi connectivity index (χ2n) is 9.61. The van der Waals surface area contributed by atoms with E-state index in [0.29, 0.717) is 6.42 Å². The Balaban J connectivity index is 3.09. The predicted octanol–water partition coefficient (Wildman–Crippen LogP) is 0.339. The summed E-state index contributed by atoms with van der Waals surface area (Å²) in [6.07, 6.45) is -7.97. The van der Waals surface area contributed by atoms with Crippen molar-refractivity contribution >= 4 is 18.0 Å². The number of hydrogen-bond acceptors (Lipinski definition) is 17. The Hall–Kier alpha value is -2.85. The summed E-state index contributed by atoms with van der Waals surface area (Å²) in [5, 5.41) is 63.8. The minimum absolute atomic E-state index is 0.0355. The van der Waals surface area contributed by atoms with E-state index < -0.39 is 78.3 Å². The van der Waals surface area contributed by atoms with Crippen LogP contribution in [0.5, 0.6) is 0 Å². The van der Waals surface area contributed by atoms with Gasteiger partial charge >= 0.3 is 6.16 Å². The van der Waals surface area contributed by atoms with Crippen LogP contribution in [0.4, 0.5) is 4.79 Å². The predicted molar refractivity (Wildman–Crippen MR) is 139 cm³/mol. The van der Waals surface area contributed by atoms with Crippen LogP contribution in [0.15, 0.2) is 11.5 Å². The Bertz CT molecular complexity index is 899. The zero-order valence-electron chi connectivity index (χ0n) is 24.3. The molecule has 0 aromatic heterocycles. The number of ether oxygens (including phenoxy) is 3. The molecule has 19 heteroatoms. The highest BCUT2D eigenvalue weighted by Gasteiger charge is 2.48. The molecule has 0 aromatic rings. The first-order valence-electron chi connectivity index (χ1n) is 13.3. The smallest absolute Gasteiger partial charge is 0.506 e. The number of nitrogens with one attached hydrogen (secondary N) is 2. The molecular weight excluding hydrogens is 588 g/mol. The molecule has 43 heavy (non-hydrogen) atoms. The molecular formula is C24H42N2O17. The molecule has 0 radical (unpaired) electrons. The third-order valence-corrected chi connectivity index (χ3v) is 6.65. The van der Waals surface area contributed by atoms with E-state index >= 15 is 0 Å². The minimum atomic E-state index is -2.31. The van der Waals surface area contributed by atoms with Crippen molar-refractivity contribution in [3.63, 3.8) is 0 Å². The van der Waals surface area contributed by atoms with E-state index in [1.165, 1.54) is 0 Å². The van der Waals surface area contributed by atoms with Crippen molar-refractivity contribution in [1.82, 2.24) is 10.6 Å². The van der Waals surface area contributed by atoms with Gasteiger partial charge in [-0.15, -0.1) is 0 Å². The Morgan fingerprint density at radius 1 is 1.05 bits per heavy atom. The largest absolute Gasteiger partial charge is 0.508 e. The zero-order chi connectivity index (χ0) is 32.6. The van der Waals surface area contributed by atoms with E-state index in [2.05, 4.69) is 30.2 Å². The first-order valence-corrected chi connectivity index (χ1v) is 13.3. The lowest BCUT2D eigenvalue weighted by molar-refractivity contribution is -0.419. The van der Waals surface area contributed by atoms with E-state index in [1.54, 1.807) is 0 Å². The molecule has 1 aliphatic heterocycles. The zero-order valence-corrected chi connectivity index (χ0v) is 24.3. The molecule has 7 unspecified atom stereocenters. The summed E-state index contributed by atoms with van der Waals surface area (Å²) in [4.78, 5) is 59.6. The van der Waals surface area contributed by atoms with Gasteiger partial charge in [-0.25, -0.2) is 29.2 Å². The summed E-state index contributed by atoms with van der Waals surface area (Å²) < 4.78 is 15.1. The van der Waals surface area contributed by atoms with E-state index in [4.69, 9.17) is 19.1 Å². The number of carbonyl (C=O) groups is 3. The Morgan fingerprint density at radius 2 is 1.70 bits per heavy atom. The number of hydrogen-bond donors (Lipinski definition) is 8. The molecule has 0 spiro atoms. The molecule has 1 saturated heterocycles. The lowest BCUT2D eigenvalue weighted by Gasteiger charge is -2.32. The molecule has 1 rings (SSSR count). The van der Waals surface area contributed by atoms with Crippen LogP contribution in [0.25, 0.3) is 0 Å². The van der Waals surface area contributed by atoms with Crippen LogP contribution in [0.1, 0.15) is 46.0 Å². The van der Waals surface area contributed by atoms with Gasteiger partial charge in [-0.05, 0) is 26.2 Å². The van der Waals surface area contributed by atoms with Crippen molar-refractivity contribution in [2.75, 3.05) is 34.0 Å². The summed E-state index contributed by atoms with van der Waals surface area (Å²) in [6, 6.07) is -1.23. The number of rotatable bonds is 19. The molecule has 19 nitrogen and oxygen atoms in total. The van der Waals surface area contributed by atoms with E-state index in [1.807, 2.05) is 6.92 Å². The van der Waals surface area contributed by atoms with Crippen molar-refractivity contribution in [2.24, 2.45) is 0 Å². The second-order valence-corrected chi connectivity index (χ2v) is 9.61. The third-order valence-electron chi connectivity index (χ3n) is 6.65. The van der Waals surface area contributed by atoms with Crippen LogP contribution in [0.2, 0.25) is 0 Å². The van der Waals surface area contributed by atoms with Gasteiger partial charge in [-0.1, -0.05) is 19.8 Å². The first-order chi connectivity index (χ1) is 20.5. The molecule has 0 aliphatic carbocycles. The molecule has 1 aliphatic rings. The maximum absolute atomic E-state index is 13.2. The molecule has 0 aromatic carbocycles. The van der Waals surface area contributed by atoms with Crippen LogP contribution in [0, 0.1) is 0 Å². The average molecular weight is 631 g/mol. The van der Waals surface area contributed by atoms with E-state index in [9.17, 15) is 45.5 Å². The second kappa shape index (κ2) is 19.4. The third kappa shape index (κ3) is 11.0. The van der Waals surface area contributed by atoms with Gasteiger partial charge < -0.3 is 40.2 Å². The highest BCUT2D eigenvalue weighted by Crippen LogP contribution is 2.27. The first kappa shape index (κ1) is 38.2. The number of methoxy groups -OCH3 is 1. The Labute approximate surface area is 246 Å². The Kier molecular flexibility index (Phi) is 17.3. The quantitative estimate of drug-likeness (QED) is 0.0314. The topological polar surface area (TPSA) is 270 Å². The average Bonchev–Trinajstić information content (AvgIpc) is 3.17. The van der Waals surface area contributed by atoms with Crippen LogP contribution in [-0.4, -0.2) is 125 Å². The van der Waals surface area contributed by atoms with Gasteiger partial charge in [0.15, 0.2) is 29.8 Å². The Morgan fingerprint density at radius 3 is 2.23 bits per heavy atom. The molecule has 7 atom stereocenters. The van der Waals surface area contributed by atoms with Crippen molar-refractivity contribution < 1.29 is 84.1 Å². The number of carbonyl (C=O) groups excluding carboxylic acids is 3. The van der Waals surface area contributed by atoms with Crippen LogP contribution < -0.4 is 10.6 Å². The lowest BCUT2D eigenvalue weighted by atomic mass is 9.96. The van der Waals surface area contributed by atoms with E-state index in [-0.39, 0.29) is 26.0 Å². The fraction of sp³-hybridized carbons (Fsp3) is 0.792. The number of amides is 2. The maximum atomic E-state index is 13.2. The summed E-state index contributed by atoms with van der Waals surface area (Å²) in [7, 11) is 2.03. The molecule has 0 saturated carbocycles. The van der Waals surface area contributed by atoms with Crippen LogP contribution in [0.3, 0.4) is 0 Å². The number of aliphatic hydroxyl groups excluding tert-OH is 3. The van der Waals surface area contributed by atoms with Gasteiger partial charge in [0.2, 0.25) is 12.0 Å². The highest BCUT2D eigenvalue weighted by molar-refractivity contribution is 5.89. The fourth-order valence-electron chi connectivity index (χ4n) is 3.93. The molecule has 250 valence electrons. The fourth-order valence-corrected chi connectivity index (χ4v) is 3.93. The van der Waals surface area contributed by atoms with Crippen molar-refractivity contribution in [1.29, 1.82) is 0 Å². The van der Waals surface area contributed by atoms with E-state index in [0.717, 1.165) is 34.0 Å². The number of unbranched alkanes of at least 4 members (excludes halogenated alkanes) is 2. The normalized spacial score (nSPS) is 22.1. The summed E-state index contributed by atoms with van der Waals surface area (Å²) >= 11 is 0. The van der Waals surface area contributed by atoms with Crippen molar-refractivity contribution in [3.8, 4) is 0 Å². The molecule has 0 bridgehead atoms. The summed E-state index contributed by atoms with van der Waals surface area (Å²) in [5.74, 6) is -4.25. The van der Waals surface area contributed by atoms with Gasteiger partial charge in [0.25, 0.3) is 5.91 Å². The summed E-state index contributed by atoms with van der Waals surface area (Å²) in [6.45, 7) is 2.36.